The van der Waals surface area contributed by atoms with E-state index in [0.29, 0.717) is 10.6 Å². The van der Waals surface area contributed by atoms with Crippen LogP contribution in [-0.2, 0) is 0 Å². The molecule has 1 aromatic carbocycles. The maximum Gasteiger partial charge on any atom is 0.280 e. The highest BCUT2D eigenvalue weighted by Gasteiger charge is 2.19. The fourth-order valence-electron chi connectivity index (χ4n) is 2.21. The van der Waals surface area contributed by atoms with Crippen molar-refractivity contribution in [3.05, 3.63) is 28.8 Å². The highest BCUT2D eigenvalue weighted by Crippen LogP contribution is 2.29. The summed E-state index contributed by atoms with van der Waals surface area (Å²) in [5.74, 6) is -0.730. The first-order chi connectivity index (χ1) is 9.47. The number of anilines is 1. The molecule has 1 aliphatic rings. The minimum absolute atomic E-state index is 0.233. The minimum Gasteiger partial charge on any atom is -0.370 e. The van der Waals surface area contributed by atoms with Gasteiger partial charge in [-0.3, -0.25) is 4.79 Å². The van der Waals surface area contributed by atoms with Gasteiger partial charge in [0.25, 0.3) is 5.91 Å². The van der Waals surface area contributed by atoms with E-state index >= 15 is 0 Å². The normalized spacial score (nSPS) is 16.0. The Balaban J connectivity index is 2.25. The van der Waals surface area contributed by atoms with Gasteiger partial charge in [0.15, 0.2) is 5.96 Å². The van der Waals surface area contributed by atoms with Crippen molar-refractivity contribution in [3.63, 3.8) is 0 Å². The predicted molar refractivity (Wildman–Crippen MR) is 81.0 cm³/mol. The maximum atomic E-state index is 11.8. The summed E-state index contributed by atoms with van der Waals surface area (Å²) in [6.45, 7) is 1.64. The predicted octanol–water partition coefficient (Wildman–Crippen LogP) is 0.681. The molecule has 0 unspecified atom stereocenters. The van der Waals surface area contributed by atoms with Crippen molar-refractivity contribution in [1.82, 2.24) is 0 Å². The third kappa shape index (κ3) is 3.40. The van der Waals surface area contributed by atoms with E-state index in [1.807, 2.05) is 0 Å². The van der Waals surface area contributed by atoms with Crippen molar-refractivity contribution in [1.29, 1.82) is 0 Å². The van der Waals surface area contributed by atoms with Crippen LogP contribution in [0.25, 0.3) is 0 Å². The number of amides is 1. The number of guanidine groups is 1. The van der Waals surface area contributed by atoms with E-state index < -0.39 is 5.91 Å². The minimum atomic E-state index is -0.475. The number of aliphatic imine (C=N–C) groups is 1. The Hall–Kier alpha value is -1.79. The molecule has 6 nitrogen and oxygen atoms in total. The molecule has 108 valence electrons. The fourth-order valence-corrected chi connectivity index (χ4v) is 2.45. The number of halogens is 1. The van der Waals surface area contributed by atoms with Gasteiger partial charge in [0, 0.05) is 24.7 Å². The van der Waals surface area contributed by atoms with Crippen LogP contribution in [0, 0.1) is 0 Å². The summed E-state index contributed by atoms with van der Waals surface area (Å²) in [4.78, 5) is 17.5. The summed E-state index contributed by atoms with van der Waals surface area (Å²) >= 11 is 6.21. The zero-order valence-electron chi connectivity index (χ0n) is 11.1. The lowest BCUT2D eigenvalue weighted by Gasteiger charge is -2.32. The third-order valence-corrected chi connectivity index (χ3v) is 3.62. The molecule has 1 fully saturated rings. The lowest BCUT2D eigenvalue weighted by atomic mass is 10.0. The van der Waals surface area contributed by atoms with Crippen molar-refractivity contribution in [2.45, 2.75) is 18.9 Å². The summed E-state index contributed by atoms with van der Waals surface area (Å²) < 4.78 is 0. The van der Waals surface area contributed by atoms with E-state index in [2.05, 4.69) is 9.89 Å². The number of nitrogens with two attached hydrogens (primary N) is 3. The molecule has 0 saturated carbocycles. The molecule has 1 aliphatic heterocycles. The quantitative estimate of drug-likeness (QED) is 0.549. The maximum absolute atomic E-state index is 11.8. The van der Waals surface area contributed by atoms with E-state index in [9.17, 15) is 4.79 Å². The van der Waals surface area contributed by atoms with E-state index in [1.54, 1.807) is 18.2 Å². The molecule has 1 saturated heterocycles. The molecule has 6 N–H and O–H groups in total. The second-order valence-electron chi connectivity index (χ2n) is 4.83. The molecule has 7 heteroatoms. The summed E-state index contributed by atoms with van der Waals surface area (Å²) in [5, 5.41) is 0.599. The Morgan fingerprint density at radius 3 is 2.55 bits per heavy atom. The van der Waals surface area contributed by atoms with Gasteiger partial charge in [-0.05, 0) is 31.0 Å². The lowest BCUT2D eigenvalue weighted by Crippen LogP contribution is -2.39. The first-order valence-corrected chi connectivity index (χ1v) is 6.79. The van der Waals surface area contributed by atoms with Gasteiger partial charge in [0.2, 0.25) is 0 Å². The Kier molecular flexibility index (Phi) is 4.46. The largest absolute Gasteiger partial charge is 0.370 e. The first kappa shape index (κ1) is 14.6. The monoisotopic (exact) mass is 295 g/mol. The number of carbonyl (C=O) groups is 1. The van der Waals surface area contributed by atoms with Crippen LogP contribution in [0.5, 0.6) is 0 Å². The van der Waals surface area contributed by atoms with Crippen LogP contribution in [0.1, 0.15) is 23.2 Å². The SMILES string of the molecule is NC(N)=NC(=O)c1ccc(Cl)c(N2CCC(N)CC2)c1. The molecule has 0 aliphatic carbocycles. The number of carbonyl (C=O) groups excluding carboxylic acids is 1. The second-order valence-corrected chi connectivity index (χ2v) is 5.24. The number of benzene rings is 1. The molecule has 20 heavy (non-hydrogen) atoms. The van der Waals surface area contributed by atoms with Gasteiger partial charge < -0.3 is 22.1 Å². The topological polar surface area (TPSA) is 111 Å². The van der Waals surface area contributed by atoms with Crippen molar-refractivity contribution in [2.24, 2.45) is 22.2 Å². The third-order valence-electron chi connectivity index (χ3n) is 3.30. The van der Waals surface area contributed by atoms with E-state index in [4.69, 9.17) is 28.8 Å². The molecule has 0 aromatic heterocycles. The van der Waals surface area contributed by atoms with Crippen LogP contribution >= 0.6 is 11.6 Å². The zero-order valence-corrected chi connectivity index (χ0v) is 11.8. The Morgan fingerprint density at radius 1 is 1.30 bits per heavy atom. The van der Waals surface area contributed by atoms with Crippen LogP contribution in [0.3, 0.4) is 0 Å². The van der Waals surface area contributed by atoms with Gasteiger partial charge in [-0.15, -0.1) is 0 Å². The lowest BCUT2D eigenvalue weighted by molar-refractivity contribution is 0.100. The van der Waals surface area contributed by atoms with E-state index in [1.165, 1.54) is 0 Å². The molecular weight excluding hydrogens is 278 g/mol. The Bertz CT molecular complexity index is 534. The fraction of sp³-hybridized carbons (Fsp3) is 0.385. The second kappa shape index (κ2) is 6.11. The smallest absolute Gasteiger partial charge is 0.280 e. The van der Waals surface area contributed by atoms with Gasteiger partial charge >= 0.3 is 0 Å². The Morgan fingerprint density at radius 2 is 1.95 bits per heavy atom. The molecule has 1 amide bonds. The van der Waals surface area contributed by atoms with Gasteiger partial charge in [-0.1, -0.05) is 11.6 Å². The first-order valence-electron chi connectivity index (χ1n) is 6.41. The molecule has 2 rings (SSSR count). The summed E-state index contributed by atoms with van der Waals surface area (Å²) in [6, 6.07) is 5.24. The number of piperidine rings is 1. The number of hydrogen-bond donors (Lipinski definition) is 3. The highest BCUT2D eigenvalue weighted by atomic mass is 35.5. The van der Waals surface area contributed by atoms with Gasteiger partial charge in [0.05, 0.1) is 10.7 Å². The highest BCUT2D eigenvalue weighted by molar-refractivity contribution is 6.33. The van der Waals surface area contributed by atoms with Gasteiger partial charge in [0.1, 0.15) is 0 Å². The van der Waals surface area contributed by atoms with Crippen molar-refractivity contribution >= 4 is 29.2 Å². The van der Waals surface area contributed by atoms with Gasteiger partial charge in [-0.25, -0.2) is 0 Å². The molecule has 1 heterocycles. The standard InChI is InChI=1S/C13H18ClN5O/c14-10-2-1-8(12(20)18-13(16)17)7-11(10)19-5-3-9(15)4-6-19/h1-2,7,9H,3-6,15H2,(H4,16,17,18,20). The van der Waals surface area contributed by atoms with Crippen molar-refractivity contribution in [2.75, 3.05) is 18.0 Å². The number of nitrogens with zero attached hydrogens (tertiary/aromatic N) is 2. The molecule has 0 bridgehead atoms. The molecule has 0 atom stereocenters. The molecule has 0 spiro atoms. The van der Waals surface area contributed by atoms with Crippen LogP contribution in [0.15, 0.2) is 23.2 Å². The van der Waals surface area contributed by atoms with Crippen LogP contribution in [-0.4, -0.2) is 31.0 Å². The van der Waals surface area contributed by atoms with Crippen molar-refractivity contribution < 1.29 is 4.79 Å². The molecular formula is C13H18ClN5O. The van der Waals surface area contributed by atoms with Crippen LogP contribution in [0.2, 0.25) is 5.02 Å². The van der Waals surface area contributed by atoms with Crippen LogP contribution in [0.4, 0.5) is 5.69 Å². The molecule has 1 aromatic rings. The van der Waals surface area contributed by atoms with E-state index in [0.717, 1.165) is 31.6 Å². The zero-order chi connectivity index (χ0) is 14.7. The Labute approximate surface area is 122 Å². The van der Waals surface area contributed by atoms with Crippen LogP contribution < -0.4 is 22.1 Å². The summed E-state index contributed by atoms with van der Waals surface area (Å²) in [5.41, 5.74) is 17.5. The summed E-state index contributed by atoms with van der Waals surface area (Å²) in [6.07, 6.45) is 1.81. The van der Waals surface area contributed by atoms with Gasteiger partial charge in [-0.2, -0.15) is 4.99 Å². The van der Waals surface area contributed by atoms with Crippen molar-refractivity contribution in [3.8, 4) is 0 Å². The number of hydrogen-bond acceptors (Lipinski definition) is 3. The number of rotatable bonds is 2. The average Bonchev–Trinajstić information content (AvgIpc) is 2.39. The average molecular weight is 296 g/mol. The molecule has 0 radical (unpaired) electrons. The summed E-state index contributed by atoms with van der Waals surface area (Å²) in [7, 11) is 0. The van der Waals surface area contributed by atoms with E-state index in [-0.39, 0.29) is 12.0 Å².